The number of hydrogen-bond donors (Lipinski definition) is 1. The first-order valence-corrected chi connectivity index (χ1v) is 5.09. The largest absolute Gasteiger partial charge is 0.322 e. The average molecular weight is 248 g/mol. The monoisotopic (exact) mass is 248 g/mol. The second kappa shape index (κ2) is 4.48. The van der Waals surface area contributed by atoms with Crippen molar-refractivity contribution in [1.29, 1.82) is 0 Å². The van der Waals surface area contributed by atoms with Crippen molar-refractivity contribution in [2.45, 2.75) is 24.8 Å². The number of alkyl halides is 2. The number of carbonyl (C=O) groups is 3. The molecule has 17 heavy (non-hydrogen) atoms. The molecule has 1 N–H and O–H groups in total. The number of likely N-dealkylation sites (tertiary alicyclic amines) is 1. The summed E-state index contributed by atoms with van der Waals surface area (Å²) in [7, 11) is 1.49. The molecule has 1 fully saturated rings. The molecule has 0 aromatic carbocycles. The molecule has 1 unspecified atom stereocenters. The molecule has 1 amide bonds. The van der Waals surface area contributed by atoms with Gasteiger partial charge < -0.3 is 10.2 Å². The van der Waals surface area contributed by atoms with Crippen LogP contribution < -0.4 is 5.32 Å². The Morgan fingerprint density at radius 3 is 2.53 bits per heavy atom. The number of hydrogen-bond acceptors (Lipinski definition) is 4. The maximum atomic E-state index is 13.3. The van der Waals surface area contributed by atoms with Crippen LogP contribution in [0, 0.1) is 0 Å². The molecule has 1 rings (SSSR count). The molecule has 0 aromatic heterocycles. The Balaban J connectivity index is 3.04. The van der Waals surface area contributed by atoms with Crippen LogP contribution in [0.2, 0.25) is 0 Å². The van der Waals surface area contributed by atoms with Gasteiger partial charge in [-0.25, -0.2) is 8.78 Å². The number of nitrogens with one attached hydrogen (secondary N) is 1. The van der Waals surface area contributed by atoms with Crippen LogP contribution in [0.15, 0.2) is 0 Å². The Morgan fingerprint density at radius 1 is 1.47 bits per heavy atom. The highest BCUT2D eigenvalue weighted by Gasteiger charge is 2.57. The molecule has 0 saturated carbocycles. The van der Waals surface area contributed by atoms with E-state index in [2.05, 4.69) is 5.32 Å². The van der Waals surface area contributed by atoms with Gasteiger partial charge in [0.05, 0.1) is 13.1 Å². The minimum absolute atomic E-state index is 0.0128. The van der Waals surface area contributed by atoms with Gasteiger partial charge in [0, 0.05) is 6.42 Å². The molecule has 0 radical (unpaired) electrons. The third-order valence-electron chi connectivity index (χ3n) is 2.85. The molecule has 1 aliphatic rings. The van der Waals surface area contributed by atoms with E-state index in [9.17, 15) is 23.2 Å². The predicted molar refractivity (Wildman–Crippen MR) is 54.7 cm³/mol. The van der Waals surface area contributed by atoms with Crippen molar-refractivity contribution >= 4 is 18.0 Å². The smallest absolute Gasteiger partial charge is 0.268 e. The minimum atomic E-state index is -3.14. The number of halogens is 2. The number of carbonyl (C=O) groups excluding carboxylic acids is 3. The van der Waals surface area contributed by atoms with Crippen LogP contribution in [0.1, 0.15) is 13.3 Å². The molecular formula is C10H14F2N2O3. The van der Waals surface area contributed by atoms with Gasteiger partial charge in [0.15, 0.2) is 6.29 Å². The van der Waals surface area contributed by atoms with Crippen LogP contribution in [0.5, 0.6) is 0 Å². The zero-order valence-electron chi connectivity index (χ0n) is 9.63. The maximum Gasteiger partial charge on any atom is 0.268 e. The van der Waals surface area contributed by atoms with E-state index in [1.807, 2.05) is 0 Å². The second-order valence-corrected chi connectivity index (χ2v) is 4.30. The van der Waals surface area contributed by atoms with E-state index in [0.29, 0.717) is 0 Å². The Hall–Kier alpha value is -1.37. The average Bonchev–Trinajstić information content (AvgIpc) is 2.49. The molecule has 1 aliphatic heterocycles. The van der Waals surface area contributed by atoms with Crippen molar-refractivity contribution in [2.24, 2.45) is 0 Å². The molecule has 0 aliphatic carbocycles. The first-order chi connectivity index (χ1) is 7.77. The van der Waals surface area contributed by atoms with Crippen LogP contribution in [-0.2, 0) is 14.4 Å². The van der Waals surface area contributed by atoms with E-state index in [0.717, 1.165) is 4.90 Å². The highest BCUT2D eigenvalue weighted by atomic mass is 19.3. The lowest BCUT2D eigenvalue weighted by Crippen LogP contribution is -2.53. The van der Waals surface area contributed by atoms with Crippen LogP contribution in [0.3, 0.4) is 0 Å². The fourth-order valence-electron chi connectivity index (χ4n) is 2.02. The summed E-state index contributed by atoms with van der Waals surface area (Å²) in [5.74, 6) is -4.77. The van der Waals surface area contributed by atoms with Crippen molar-refractivity contribution < 1.29 is 23.2 Å². The predicted octanol–water partition coefficient (Wildman–Crippen LogP) is -0.400. The van der Waals surface area contributed by atoms with Gasteiger partial charge in [-0.05, 0) is 14.0 Å². The number of rotatable bonds is 4. The number of likely N-dealkylation sites (N-methyl/N-ethyl adjacent to an activating group) is 1. The number of aldehydes is 1. The second-order valence-electron chi connectivity index (χ2n) is 4.30. The summed E-state index contributed by atoms with van der Waals surface area (Å²) in [5, 5.41) is 2.53. The van der Waals surface area contributed by atoms with Gasteiger partial charge in [-0.15, -0.1) is 0 Å². The van der Waals surface area contributed by atoms with Gasteiger partial charge in [0.25, 0.3) is 5.92 Å². The van der Waals surface area contributed by atoms with Crippen LogP contribution in [0.4, 0.5) is 8.78 Å². The number of Topliss-reactive ketones (excluding diaryl/α,β-unsaturated/α-hetero) is 1. The SMILES string of the molecule is CNCC(=O)N1CC(F)(F)CC1(C)C(=O)C=O. The summed E-state index contributed by atoms with van der Waals surface area (Å²) in [5.41, 5.74) is -1.74. The number of amides is 1. The number of nitrogens with zero attached hydrogens (tertiary/aromatic N) is 1. The Kier molecular flexibility index (Phi) is 3.61. The van der Waals surface area contributed by atoms with Crippen molar-refractivity contribution in [3.63, 3.8) is 0 Å². The first kappa shape index (κ1) is 13.7. The lowest BCUT2D eigenvalue weighted by Gasteiger charge is -2.31. The normalized spacial score (nSPS) is 26.9. The molecule has 1 saturated heterocycles. The summed E-state index contributed by atoms with van der Waals surface area (Å²) < 4.78 is 26.6. The summed E-state index contributed by atoms with van der Waals surface area (Å²) in [6.45, 7) is 0.208. The fourth-order valence-corrected chi connectivity index (χ4v) is 2.02. The standard InChI is InChI=1S/C10H14F2N2O3/c1-9(7(16)4-15)5-10(11,12)6-14(9)8(17)3-13-2/h4,13H,3,5-6H2,1-2H3. The van der Waals surface area contributed by atoms with Gasteiger partial charge in [-0.1, -0.05) is 0 Å². The van der Waals surface area contributed by atoms with Crippen LogP contribution in [-0.4, -0.2) is 54.5 Å². The molecule has 5 nitrogen and oxygen atoms in total. The Labute approximate surface area is 97.1 Å². The van der Waals surface area contributed by atoms with Crippen molar-refractivity contribution in [3.05, 3.63) is 0 Å². The third-order valence-corrected chi connectivity index (χ3v) is 2.85. The van der Waals surface area contributed by atoms with Crippen molar-refractivity contribution in [3.8, 4) is 0 Å². The third kappa shape index (κ3) is 2.49. The highest BCUT2D eigenvalue weighted by Crippen LogP contribution is 2.39. The van der Waals surface area contributed by atoms with Crippen LogP contribution >= 0.6 is 0 Å². The van der Waals surface area contributed by atoms with E-state index in [1.165, 1.54) is 14.0 Å². The molecule has 7 heteroatoms. The Bertz CT molecular complexity index is 359. The van der Waals surface area contributed by atoms with E-state index in [-0.39, 0.29) is 12.8 Å². The first-order valence-electron chi connectivity index (χ1n) is 5.09. The summed E-state index contributed by atoms with van der Waals surface area (Å²) in [6.07, 6.45) is -0.825. The molecule has 0 bridgehead atoms. The summed E-state index contributed by atoms with van der Waals surface area (Å²) in [4.78, 5) is 34.3. The Morgan fingerprint density at radius 2 is 2.06 bits per heavy atom. The topological polar surface area (TPSA) is 66.5 Å². The zero-order valence-corrected chi connectivity index (χ0v) is 9.63. The summed E-state index contributed by atoms with van der Waals surface area (Å²) >= 11 is 0. The lowest BCUT2D eigenvalue weighted by molar-refractivity contribution is -0.144. The lowest BCUT2D eigenvalue weighted by atomic mass is 9.93. The highest BCUT2D eigenvalue weighted by molar-refractivity contribution is 6.29. The van der Waals surface area contributed by atoms with E-state index in [4.69, 9.17) is 0 Å². The zero-order chi connectivity index (χ0) is 13.3. The van der Waals surface area contributed by atoms with Gasteiger partial charge in [-0.3, -0.25) is 14.4 Å². The minimum Gasteiger partial charge on any atom is -0.322 e. The number of ketones is 1. The molecule has 1 atom stereocenters. The van der Waals surface area contributed by atoms with E-state index in [1.54, 1.807) is 0 Å². The van der Waals surface area contributed by atoms with Crippen LogP contribution in [0.25, 0.3) is 0 Å². The van der Waals surface area contributed by atoms with Crippen molar-refractivity contribution in [2.75, 3.05) is 20.1 Å². The summed E-state index contributed by atoms with van der Waals surface area (Å²) in [6, 6.07) is 0. The van der Waals surface area contributed by atoms with Gasteiger partial charge >= 0.3 is 0 Å². The van der Waals surface area contributed by atoms with Gasteiger partial charge in [0.1, 0.15) is 5.54 Å². The van der Waals surface area contributed by atoms with Gasteiger partial charge in [0.2, 0.25) is 11.7 Å². The molecule has 0 aromatic rings. The fraction of sp³-hybridized carbons (Fsp3) is 0.700. The maximum absolute atomic E-state index is 13.3. The van der Waals surface area contributed by atoms with Gasteiger partial charge in [-0.2, -0.15) is 0 Å². The molecular weight excluding hydrogens is 234 g/mol. The molecule has 0 spiro atoms. The van der Waals surface area contributed by atoms with E-state index >= 15 is 0 Å². The molecule has 96 valence electrons. The van der Waals surface area contributed by atoms with E-state index < -0.39 is 36.1 Å². The van der Waals surface area contributed by atoms with Crippen molar-refractivity contribution in [1.82, 2.24) is 10.2 Å². The quantitative estimate of drug-likeness (QED) is 0.543. The molecule has 1 heterocycles.